The van der Waals surface area contributed by atoms with Crippen LogP contribution in [0.5, 0.6) is 5.75 Å². The summed E-state index contributed by atoms with van der Waals surface area (Å²) in [6.07, 6.45) is -10.3. The van der Waals surface area contributed by atoms with Gasteiger partial charge in [0.1, 0.15) is 18.1 Å². The summed E-state index contributed by atoms with van der Waals surface area (Å²) >= 11 is 12.1. The first-order chi connectivity index (χ1) is 18.2. The van der Waals surface area contributed by atoms with Crippen molar-refractivity contribution in [1.29, 1.82) is 0 Å². The van der Waals surface area contributed by atoms with E-state index in [2.05, 4.69) is 19.9 Å². The average molecular weight is 595 g/mol. The summed E-state index contributed by atoms with van der Waals surface area (Å²) in [4.78, 5) is 17.4. The fourth-order valence-electron chi connectivity index (χ4n) is 3.67. The lowest BCUT2D eigenvalue weighted by molar-refractivity contribution is -0.274. The molecule has 0 aliphatic carbocycles. The van der Waals surface area contributed by atoms with E-state index in [1.807, 2.05) is 0 Å². The molecule has 0 bridgehead atoms. The molecule has 2 aromatic heterocycles. The van der Waals surface area contributed by atoms with Crippen molar-refractivity contribution in [2.45, 2.75) is 45.4 Å². The lowest BCUT2D eigenvalue weighted by Gasteiger charge is -2.11. The number of rotatable bonds is 8. The first kappa shape index (κ1) is 28.5. The van der Waals surface area contributed by atoms with Crippen molar-refractivity contribution < 1.29 is 31.1 Å². The number of nitrogens with zero attached hydrogens (tertiary/aromatic N) is 6. The molecule has 0 amide bonds. The van der Waals surface area contributed by atoms with Crippen LogP contribution in [-0.4, -0.2) is 41.7 Å². The molecule has 0 saturated heterocycles. The number of halogens is 8. The van der Waals surface area contributed by atoms with Crippen LogP contribution >= 0.6 is 23.2 Å². The van der Waals surface area contributed by atoms with Gasteiger partial charge in [0, 0.05) is 29.6 Å². The molecular weight excluding hydrogens is 577 g/mol. The predicted molar refractivity (Wildman–Crippen MR) is 129 cm³/mol. The van der Waals surface area contributed by atoms with Gasteiger partial charge in [-0.05, 0) is 36.4 Å². The van der Waals surface area contributed by atoms with E-state index < -0.39 is 36.9 Å². The van der Waals surface area contributed by atoms with Crippen LogP contribution in [0.3, 0.4) is 0 Å². The number of ether oxygens (including phenoxy) is 1. The number of hydrogen-bond donors (Lipinski definition) is 0. The fraction of sp³-hybridized carbons (Fsp3) is 0.304. The summed E-state index contributed by atoms with van der Waals surface area (Å²) in [5.41, 5.74) is -0.241. The van der Waals surface area contributed by atoms with Gasteiger partial charge in [-0.1, -0.05) is 30.1 Å². The van der Waals surface area contributed by atoms with Crippen molar-refractivity contribution in [2.24, 2.45) is 0 Å². The maximum atomic E-state index is 13.1. The predicted octanol–water partition coefficient (Wildman–Crippen LogP) is 6.06. The Bertz CT molecular complexity index is 1530. The van der Waals surface area contributed by atoms with Gasteiger partial charge in [-0.3, -0.25) is 4.57 Å². The average Bonchev–Trinajstić information content (AvgIpc) is 3.37. The van der Waals surface area contributed by atoms with Crippen LogP contribution in [0.25, 0.3) is 17.1 Å². The molecule has 0 N–H and O–H groups in total. The maximum Gasteiger partial charge on any atom is 0.573 e. The van der Waals surface area contributed by atoms with E-state index in [0.29, 0.717) is 22.8 Å². The first-order valence-electron chi connectivity index (χ1n) is 11.2. The summed E-state index contributed by atoms with van der Waals surface area (Å²) < 4.78 is 83.4. The normalized spacial score (nSPS) is 12.2. The van der Waals surface area contributed by atoms with E-state index >= 15 is 0 Å². The van der Waals surface area contributed by atoms with E-state index in [1.54, 1.807) is 6.92 Å². The number of hydrogen-bond acceptors (Lipinski definition) is 5. The highest BCUT2D eigenvalue weighted by Gasteiger charge is 2.31. The van der Waals surface area contributed by atoms with E-state index in [4.69, 9.17) is 23.2 Å². The Morgan fingerprint density at radius 2 is 1.67 bits per heavy atom. The highest BCUT2D eigenvalue weighted by atomic mass is 35.5. The Kier molecular flexibility index (Phi) is 7.98. The van der Waals surface area contributed by atoms with E-state index in [-0.39, 0.29) is 28.9 Å². The molecule has 2 aromatic carbocycles. The molecule has 2 heterocycles. The van der Waals surface area contributed by atoms with Crippen molar-refractivity contribution in [3.63, 3.8) is 0 Å². The van der Waals surface area contributed by atoms with Gasteiger partial charge in [-0.2, -0.15) is 13.2 Å². The minimum Gasteiger partial charge on any atom is -0.406 e. The molecule has 0 aliphatic rings. The van der Waals surface area contributed by atoms with E-state index in [0.717, 1.165) is 21.4 Å². The molecule has 4 rings (SSSR count). The fourth-order valence-corrected chi connectivity index (χ4v) is 4.04. The zero-order valence-electron chi connectivity index (χ0n) is 19.9. The Morgan fingerprint density at radius 1 is 0.974 bits per heavy atom. The van der Waals surface area contributed by atoms with Crippen LogP contribution < -0.4 is 10.4 Å². The number of aryl methyl sites for hydroxylation is 1. The van der Waals surface area contributed by atoms with E-state index in [1.165, 1.54) is 35.0 Å². The lowest BCUT2D eigenvalue weighted by Crippen LogP contribution is -2.27. The van der Waals surface area contributed by atoms with Crippen LogP contribution in [0.4, 0.5) is 26.3 Å². The van der Waals surface area contributed by atoms with Crippen molar-refractivity contribution in [3.8, 4) is 22.8 Å². The Balaban J connectivity index is 1.69. The van der Waals surface area contributed by atoms with Gasteiger partial charge in [-0.15, -0.1) is 23.4 Å². The zero-order valence-corrected chi connectivity index (χ0v) is 21.4. The SMILES string of the molecule is CCc1nc(Cn2nc(-c3ccc(Cl)cc3)n(CCC(F)(F)F)c2=O)nn1-c1ccc(OC(F)(F)F)cc1Cl. The highest BCUT2D eigenvalue weighted by molar-refractivity contribution is 6.32. The second-order valence-corrected chi connectivity index (χ2v) is 9.00. The molecule has 39 heavy (non-hydrogen) atoms. The third kappa shape index (κ3) is 6.92. The molecule has 0 unspecified atom stereocenters. The van der Waals surface area contributed by atoms with Crippen LogP contribution in [0.2, 0.25) is 10.0 Å². The summed E-state index contributed by atoms with van der Waals surface area (Å²) in [7, 11) is 0. The number of aromatic nitrogens is 6. The third-order valence-electron chi connectivity index (χ3n) is 5.35. The molecule has 0 fully saturated rings. The quantitative estimate of drug-likeness (QED) is 0.232. The van der Waals surface area contributed by atoms with Gasteiger partial charge in [0.2, 0.25) is 0 Å². The van der Waals surface area contributed by atoms with Crippen LogP contribution in [0.15, 0.2) is 47.3 Å². The summed E-state index contributed by atoms with van der Waals surface area (Å²) in [5, 5.41) is 8.82. The van der Waals surface area contributed by atoms with Crippen LogP contribution in [0, 0.1) is 0 Å². The maximum absolute atomic E-state index is 13.1. The van der Waals surface area contributed by atoms with Gasteiger partial charge in [0.05, 0.1) is 17.1 Å². The number of alkyl halides is 6. The van der Waals surface area contributed by atoms with Crippen molar-refractivity contribution >= 4 is 23.2 Å². The minimum absolute atomic E-state index is 0.000591. The first-order valence-corrected chi connectivity index (χ1v) is 12.0. The van der Waals surface area contributed by atoms with Crippen LogP contribution in [-0.2, 0) is 19.5 Å². The standard InChI is InChI=1S/C23H18Cl2F6N6O2/c1-2-19-32-18(33-37(19)17-8-7-15(11-16(17)25)39-23(29,30)31)12-36-21(38)35(10-9-22(26,27)28)20(34-36)13-3-5-14(24)6-4-13/h3-8,11H,2,9-10,12H2,1H3. The van der Waals surface area contributed by atoms with Crippen molar-refractivity contribution in [3.05, 3.63) is 74.6 Å². The smallest absolute Gasteiger partial charge is 0.406 e. The molecule has 8 nitrogen and oxygen atoms in total. The van der Waals surface area contributed by atoms with Gasteiger partial charge in [0.25, 0.3) is 0 Å². The van der Waals surface area contributed by atoms with Crippen molar-refractivity contribution in [1.82, 2.24) is 29.1 Å². The number of benzene rings is 2. The highest BCUT2D eigenvalue weighted by Crippen LogP contribution is 2.30. The lowest BCUT2D eigenvalue weighted by atomic mass is 10.2. The summed E-state index contributed by atoms with van der Waals surface area (Å²) in [6.45, 7) is 0.783. The zero-order chi connectivity index (χ0) is 28.5. The molecule has 0 radical (unpaired) electrons. The molecule has 16 heteroatoms. The van der Waals surface area contributed by atoms with Crippen LogP contribution in [0.1, 0.15) is 25.0 Å². The van der Waals surface area contributed by atoms with Gasteiger partial charge in [-0.25, -0.2) is 19.1 Å². The summed E-state index contributed by atoms with van der Waals surface area (Å²) in [5.74, 6) is -0.0951. The minimum atomic E-state index is -4.90. The molecule has 208 valence electrons. The van der Waals surface area contributed by atoms with Gasteiger partial charge in [0.15, 0.2) is 11.6 Å². The molecule has 0 spiro atoms. The Morgan fingerprint density at radius 3 is 2.26 bits per heavy atom. The summed E-state index contributed by atoms with van der Waals surface area (Å²) in [6, 6.07) is 9.36. The molecule has 0 aliphatic heterocycles. The topological polar surface area (TPSA) is 79.8 Å². The van der Waals surface area contributed by atoms with E-state index in [9.17, 15) is 31.1 Å². The molecule has 4 aromatic rings. The van der Waals surface area contributed by atoms with Gasteiger partial charge >= 0.3 is 18.2 Å². The Labute approximate surface area is 226 Å². The molecular formula is C23H18Cl2F6N6O2. The Hall–Kier alpha value is -3.52. The largest absolute Gasteiger partial charge is 0.573 e. The third-order valence-corrected chi connectivity index (χ3v) is 5.91. The monoisotopic (exact) mass is 594 g/mol. The molecule has 0 atom stereocenters. The second-order valence-electron chi connectivity index (χ2n) is 8.16. The second kappa shape index (κ2) is 10.9. The van der Waals surface area contributed by atoms with Gasteiger partial charge < -0.3 is 4.74 Å². The molecule has 0 saturated carbocycles. The van der Waals surface area contributed by atoms with Crippen molar-refractivity contribution in [2.75, 3.05) is 0 Å².